The average molecular weight is 388 g/mol. The summed E-state index contributed by atoms with van der Waals surface area (Å²) in [5, 5.41) is 10.8. The third-order valence-corrected chi connectivity index (χ3v) is 5.08. The van der Waals surface area contributed by atoms with E-state index in [9.17, 15) is 14.9 Å². The number of hydrogen-bond donors (Lipinski definition) is 1. The number of nitro benzene ring substituents is 1. The molecule has 2 aliphatic heterocycles. The molecule has 2 fully saturated rings. The fraction of sp³-hybridized carbons (Fsp3) is 0.562. The Kier molecular flexibility index (Phi) is 6.53. The van der Waals surface area contributed by atoms with Crippen molar-refractivity contribution in [2.24, 2.45) is 5.92 Å². The van der Waals surface area contributed by atoms with Crippen LogP contribution in [0.4, 0.5) is 10.5 Å². The van der Waals surface area contributed by atoms with E-state index in [1.165, 1.54) is 12.1 Å². The zero-order valence-corrected chi connectivity index (χ0v) is 15.6. The lowest BCUT2D eigenvalue weighted by Gasteiger charge is -2.42. The van der Waals surface area contributed by atoms with Crippen molar-refractivity contribution in [1.82, 2.24) is 9.80 Å². The summed E-state index contributed by atoms with van der Waals surface area (Å²) in [4.78, 5) is 26.6. The van der Waals surface area contributed by atoms with Crippen LogP contribution in [0, 0.1) is 16.0 Å². The number of likely N-dealkylation sites (tertiary alicyclic amines) is 2. The average Bonchev–Trinajstić information content (AvgIpc) is 2.91. The molecule has 7 nitrogen and oxygen atoms in total. The van der Waals surface area contributed by atoms with Gasteiger partial charge in [-0.3, -0.25) is 10.1 Å². The van der Waals surface area contributed by atoms with Gasteiger partial charge in [-0.05, 0) is 31.2 Å². The summed E-state index contributed by atoms with van der Waals surface area (Å²) in [5.41, 5.74) is 0.757. The molecule has 0 unspecified atom stereocenters. The third kappa shape index (κ3) is 4.56. The van der Waals surface area contributed by atoms with Gasteiger partial charge in [0.05, 0.1) is 4.92 Å². The number of thiol groups is 1. The van der Waals surface area contributed by atoms with Crippen molar-refractivity contribution in [3.05, 3.63) is 39.9 Å². The van der Waals surface area contributed by atoms with Gasteiger partial charge >= 0.3 is 6.09 Å². The standard InChI is InChI=1S/C16H21N3O4S.ClH/c1-17-7-12(8-17)15-6-14(24)9-18(15)16(20)23-10-11-2-4-13(5-3-11)19(21)22;/h2-5,12,14-15,24H,6-10H2,1H3;1H/t14-,15-;/m0./s1. The molecule has 2 atom stereocenters. The van der Waals surface area contributed by atoms with E-state index in [1.807, 2.05) is 0 Å². The summed E-state index contributed by atoms with van der Waals surface area (Å²) in [5.74, 6) is 0.485. The molecule has 2 heterocycles. The van der Waals surface area contributed by atoms with E-state index < -0.39 is 4.92 Å². The molecule has 1 aromatic carbocycles. The number of carbonyl (C=O) groups excluding carboxylic acids is 1. The second-order valence-electron chi connectivity index (χ2n) is 6.57. The Morgan fingerprint density at radius 3 is 2.52 bits per heavy atom. The van der Waals surface area contributed by atoms with Gasteiger partial charge in [0.2, 0.25) is 0 Å². The summed E-state index contributed by atoms with van der Waals surface area (Å²) in [6.45, 7) is 2.71. The van der Waals surface area contributed by atoms with Crippen LogP contribution in [0.15, 0.2) is 24.3 Å². The maximum atomic E-state index is 12.4. The molecule has 2 saturated heterocycles. The van der Waals surface area contributed by atoms with Crippen LogP contribution in [0.3, 0.4) is 0 Å². The largest absolute Gasteiger partial charge is 0.445 e. The van der Waals surface area contributed by atoms with Gasteiger partial charge in [0.1, 0.15) is 6.61 Å². The number of nitrogens with zero attached hydrogens (tertiary/aromatic N) is 3. The minimum atomic E-state index is -0.451. The second kappa shape index (κ2) is 8.25. The van der Waals surface area contributed by atoms with Crippen molar-refractivity contribution in [1.29, 1.82) is 0 Å². The van der Waals surface area contributed by atoms with Crippen molar-refractivity contribution in [2.45, 2.75) is 24.3 Å². The first kappa shape index (κ1) is 19.8. The molecule has 1 amide bonds. The Labute approximate surface area is 158 Å². The Morgan fingerprint density at radius 2 is 1.96 bits per heavy atom. The Bertz CT molecular complexity index is 624. The zero-order valence-electron chi connectivity index (χ0n) is 13.9. The first-order valence-electron chi connectivity index (χ1n) is 7.97. The lowest BCUT2D eigenvalue weighted by atomic mass is 9.90. The van der Waals surface area contributed by atoms with Crippen LogP contribution in [0.2, 0.25) is 0 Å². The van der Waals surface area contributed by atoms with Crippen LogP contribution in [-0.4, -0.2) is 58.8 Å². The lowest BCUT2D eigenvalue weighted by Crippen LogP contribution is -2.54. The fourth-order valence-corrected chi connectivity index (χ4v) is 3.82. The summed E-state index contributed by atoms with van der Waals surface area (Å²) in [6.07, 6.45) is 0.568. The molecular formula is C16H22ClN3O4S. The summed E-state index contributed by atoms with van der Waals surface area (Å²) >= 11 is 4.53. The minimum Gasteiger partial charge on any atom is -0.445 e. The lowest BCUT2D eigenvalue weighted by molar-refractivity contribution is -0.384. The van der Waals surface area contributed by atoms with Crippen LogP contribution in [0.1, 0.15) is 12.0 Å². The first-order valence-corrected chi connectivity index (χ1v) is 8.49. The molecular weight excluding hydrogens is 366 g/mol. The molecule has 1 aromatic rings. The van der Waals surface area contributed by atoms with Crippen LogP contribution in [0.5, 0.6) is 0 Å². The molecule has 9 heteroatoms. The topological polar surface area (TPSA) is 75.9 Å². The smallest absolute Gasteiger partial charge is 0.410 e. The second-order valence-corrected chi connectivity index (χ2v) is 7.30. The van der Waals surface area contributed by atoms with Crippen molar-refractivity contribution < 1.29 is 14.5 Å². The first-order chi connectivity index (χ1) is 11.4. The van der Waals surface area contributed by atoms with E-state index in [-0.39, 0.29) is 42.1 Å². The number of carbonyl (C=O) groups is 1. The van der Waals surface area contributed by atoms with E-state index in [4.69, 9.17) is 4.74 Å². The van der Waals surface area contributed by atoms with E-state index in [0.29, 0.717) is 12.5 Å². The Morgan fingerprint density at radius 1 is 1.32 bits per heavy atom. The van der Waals surface area contributed by atoms with Gasteiger partial charge < -0.3 is 14.5 Å². The van der Waals surface area contributed by atoms with Crippen molar-refractivity contribution in [3.8, 4) is 0 Å². The van der Waals surface area contributed by atoms with Crippen molar-refractivity contribution >= 4 is 36.8 Å². The SMILES string of the molecule is CN1CC([C@@H]2C[C@H](S)CN2C(=O)OCc2ccc([N+](=O)[O-])cc2)C1.Cl. The molecule has 0 aromatic heterocycles. The summed E-state index contributed by atoms with van der Waals surface area (Å²) in [6, 6.07) is 6.23. The van der Waals surface area contributed by atoms with Gasteiger partial charge in [0, 0.05) is 49.0 Å². The molecule has 0 spiro atoms. The number of ether oxygens (including phenoxy) is 1. The van der Waals surface area contributed by atoms with Gasteiger partial charge in [0.15, 0.2) is 0 Å². The molecule has 0 saturated carbocycles. The van der Waals surface area contributed by atoms with E-state index in [1.54, 1.807) is 17.0 Å². The number of non-ortho nitro benzene ring substituents is 1. The Balaban J connectivity index is 0.00000225. The predicted molar refractivity (Wildman–Crippen MR) is 99.4 cm³/mol. The quantitative estimate of drug-likeness (QED) is 0.488. The number of benzene rings is 1. The highest BCUT2D eigenvalue weighted by Gasteiger charge is 2.42. The molecule has 0 bridgehead atoms. The van der Waals surface area contributed by atoms with Gasteiger partial charge in [-0.1, -0.05) is 0 Å². The zero-order chi connectivity index (χ0) is 17.3. The number of amides is 1. The molecule has 0 aliphatic carbocycles. The van der Waals surface area contributed by atoms with E-state index in [0.717, 1.165) is 25.1 Å². The van der Waals surface area contributed by atoms with Crippen LogP contribution >= 0.6 is 25.0 Å². The maximum Gasteiger partial charge on any atom is 0.410 e. The molecule has 0 radical (unpaired) electrons. The summed E-state index contributed by atoms with van der Waals surface area (Å²) in [7, 11) is 2.07. The molecule has 25 heavy (non-hydrogen) atoms. The van der Waals surface area contributed by atoms with Crippen LogP contribution in [0.25, 0.3) is 0 Å². The van der Waals surface area contributed by atoms with E-state index >= 15 is 0 Å². The maximum absolute atomic E-state index is 12.4. The minimum absolute atomic E-state index is 0. The van der Waals surface area contributed by atoms with Crippen LogP contribution in [-0.2, 0) is 11.3 Å². The number of nitro groups is 1. The van der Waals surface area contributed by atoms with Crippen molar-refractivity contribution in [2.75, 3.05) is 26.7 Å². The normalized spacial score (nSPS) is 23.7. The molecule has 138 valence electrons. The summed E-state index contributed by atoms with van der Waals surface area (Å²) < 4.78 is 5.41. The van der Waals surface area contributed by atoms with Gasteiger partial charge in [-0.25, -0.2) is 4.79 Å². The molecule has 2 aliphatic rings. The van der Waals surface area contributed by atoms with Gasteiger partial charge in [-0.15, -0.1) is 12.4 Å². The van der Waals surface area contributed by atoms with Crippen LogP contribution < -0.4 is 0 Å². The number of rotatable bonds is 4. The highest BCUT2D eigenvalue weighted by Crippen LogP contribution is 2.32. The monoisotopic (exact) mass is 387 g/mol. The van der Waals surface area contributed by atoms with E-state index in [2.05, 4.69) is 24.6 Å². The fourth-order valence-electron chi connectivity index (χ4n) is 3.43. The number of halogens is 1. The highest BCUT2D eigenvalue weighted by molar-refractivity contribution is 7.81. The number of hydrogen-bond acceptors (Lipinski definition) is 6. The highest BCUT2D eigenvalue weighted by atomic mass is 35.5. The molecule has 0 N–H and O–H groups in total. The molecule has 3 rings (SSSR count). The van der Waals surface area contributed by atoms with Gasteiger partial charge in [-0.2, -0.15) is 12.6 Å². The van der Waals surface area contributed by atoms with Gasteiger partial charge in [0.25, 0.3) is 5.69 Å². The predicted octanol–water partition coefficient (Wildman–Crippen LogP) is 2.59. The Hall–Kier alpha value is -1.51. The van der Waals surface area contributed by atoms with Crippen molar-refractivity contribution in [3.63, 3.8) is 0 Å². The third-order valence-electron chi connectivity index (χ3n) is 4.70.